The van der Waals surface area contributed by atoms with Gasteiger partial charge in [-0.25, -0.2) is 0 Å². The number of nitrogens with one attached hydrogen (secondary N) is 2. The Morgan fingerprint density at radius 2 is 1.81 bits per heavy atom. The van der Waals surface area contributed by atoms with Crippen LogP contribution in [0.4, 0.5) is 0 Å². The Kier molecular flexibility index (Phi) is 3.64. The lowest BCUT2D eigenvalue weighted by atomic mass is 10.3. The van der Waals surface area contributed by atoms with Gasteiger partial charge >= 0.3 is 0 Å². The number of carbonyl (C=O) groups is 1. The fourth-order valence-electron chi connectivity index (χ4n) is 1.45. The normalized spacial score (nSPS) is 20.6. The molecule has 4 N–H and O–H groups in total. The Morgan fingerprint density at radius 1 is 1.19 bits per heavy atom. The van der Waals surface area contributed by atoms with Gasteiger partial charge in [0, 0.05) is 25.0 Å². The molecule has 0 radical (unpaired) electrons. The highest BCUT2D eigenvalue weighted by atomic mass is 16.1. The Bertz CT molecular complexity index is 282. The van der Waals surface area contributed by atoms with Gasteiger partial charge in [-0.1, -0.05) is 0 Å². The van der Waals surface area contributed by atoms with Crippen molar-refractivity contribution in [1.82, 2.24) is 10.6 Å². The van der Waals surface area contributed by atoms with Crippen LogP contribution in [0.1, 0.15) is 38.5 Å². The molecule has 5 nitrogen and oxygen atoms in total. The summed E-state index contributed by atoms with van der Waals surface area (Å²) in [5.74, 6) is 0.663. The molecule has 2 fully saturated rings. The van der Waals surface area contributed by atoms with Crippen molar-refractivity contribution < 1.29 is 4.79 Å². The molecule has 0 heterocycles. The zero-order valence-electron chi connectivity index (χ0n) is 9.54. The first kappa shape index (κ1) is 11.2. The number of nitrogens with zero attached hydrogens (tertiary/aromatic N) is 1. The van der Waals surface area contributed by atoms with Crippen LogP contribution in [-0.2, 0) is 4.79 Å². The minimum Gasteiger partial charge on any atom is -0.370 e. The molecule has 0 saturated heterocycles. The van der Waals surface area contributed by atoms with E-state index in [9.17, 15) is 4.79 Å². The van der Waals surface area contributed by atoms with Gasteiger partial charge < -0.3 is 16.4 Å². The van der Waals surface area contributed by atoms with Crippen molar-refractivity contribution in [1.29, 1.82) is 0 Å². The zero-order chi connectivity index (χ0) is 11.4. The van der Waals surface area contributed by atoms with Gasteiger partial charge in [0.25, 0.3) is 0 Å². The second-order valence-electron chi connectivity index (χ2n) is 4.63. The minimum absolute atomic E-state index is 0.145. The van der Waals surface area contributed by atoms with Gasteiger partial charge in [0.2, 0.25) is 5.91 Å². The maximum absolute atomic E-state index is 11.3. The Morgan fingerprint density at radius 3 is 2.44 bits per heavy atom. The van der Waals surface area contributed by atoms with E-state index in [1.165, 1.54) is 12.8 Å². The van der Waals surface area contributed by atoms with Gasteiger partial charge in [0.05, 0.1) is 0 Å². The molecular weight excluding hydrogens is 204 g/mol. The van der Waals surface area contributed by atoms with E-state index in [0.29, 0.717) is 31.0 Å². The maximum Gasteiger partial charge on any atom is 0.220 e. The van der Waals surface area contributed by atoms with Crippen LogP contribution in [0, 0.1) is 0 Å². The van der Waals surface area contributed by atoms with E-state index in [0.717, 1.165) is 19.3 Å². The van der Waals surface area contributed by atoms with Gasteiger partial charge in [-0.05, 0) is 32.1 Å². The van der Waals surface area contributed by atoms with Crippen LogP contribution in [-0.4, -0.2) is 30.5 Å². The fourth-order valence-corrected chi connectivity index (χ4v) is 1.45. The van der Waals surface area contributed by atoms with Crippen LogP contribution in [0.2, 0.25) is 0 Å². The molecule has 0 aromatic heterocycles. The molecule has 5 heteroatoms. The third-order valence-corrected chi connectivity index (χ3v) is 2.72. The smallest absolute Gasteiger partial charge is 0.220 e. The molecule has 0 atom stereocenters. The van der Waals surface area contributed by atoms with Gasteiger partial charge in [-0.2, -0.15) is 0 Å². The summed E-state index contributed by atoms with van der Waals surface area (Å²) in [4.78, 5) is 15.5. The van der Waals surface area contributed by atoms with Crippen LogP contribution in [0.3, 0.4) is 0 Å². The Labute approximate surface area is 95.9 Å². The molecule has 90 valence electrons. The maximum atomic E-state index is 11.3. The molecular formula is C11H20N4O. The van der Waals surface area contributed by atoms with Crippen molar-refractivity contribution in [2.45, 2.75) is 50.6 Å². The SMILES string of the molecule is NC(=NCCCC(=O)NC1CC1)NC1CC1. The van der Waals surface area contributed by atoms with Crippen molar-refractivity contribution in [3.05, 3.63) is 0 Å². The van der Waals surface area contributed by atoms with Crippen molar-refractivity contribution in [2.24, 2.45) is 10.7 Å². The monoisotopic (exact) mass is 224 g/mol. The second-order valence-corrected chi connectivity index (χ2v) is 4.63. The number of guanidine groups is 1. The average Bonchev–Trinajstić information content (AvgIpc) is 3.08. The third-order valence-electron chi connectivity index (χ3n) is 2.72. The summed E-state index contributed by atoms with van der Waals surface area (Å²) in [6.07, 6.45) is 5.99. The van der Waals surface area contributed by atoms with Gasteiger partial charge in [-0.15, -0.1) is 0 Å². The largest absolute Gasteiger partial charge is 0.370 e. The number of amides is 1. The predicted molar refractivity (Wildman–Crippen MR) is 63.0 cm³/mol. The quantitative estimate of drug-likeness (QED) is 0.340. The Balaban J connectivity index is 1.50. The van der Waals surface area contributed by atoms with Crippen molar-refractivity contribution in [2.75, 3.05) is 6.54 Å². The summed E-state index contributed by atoms with van der Waals surface area (Å²) in [7, 11) is 0. The number of hydrogen-bond acceptors (Lipinski definition) is 2. The first-order chi connectivity index (χ1) is 7.74. The molecule has 2 saturated carbocycles. The Hall–Kier alpha value is -1.26. The highest BCUT2D eigenvalue weighted by molar-refractivity contribution is 5.78. The number of carbonyl (C=O) groups excluding carboxylic acids is 1. The molecule has 2 rings (SSSR count). The summed E-state index contributed by atoms with van der Waals surface area (Å²) in [5.41, 5.74) is 5.66. The molecule has 2 aliphatic carbocycles. The molecule has 0 bridgehead atoms. The summed E-state index contributed by atoms with van der Waals surface area (Å²) >= 11 is 0. The van der Waals surface area contributed by atoms with Crippen LogP contribution in [0.25, 0.3) is 0 Å². The minimum atomic E-state index is 0.145. The van der Waals surface area contributed by atoms with Crippen LogP contribution >= 0.6 is 0 Å². The zero-order valence-corrected chi connectivity index (χ0v) is 9.54. The molecule has 0 unspecified atom stereocenters. The van der Waals surface area contributed by atoms with Crippen molar-refractivity contribution in [3.8, 4) is 0 Å². The van der Waals surface area contributed by atoms with E-state index < -0.39 is 0 Å². The van der Waals surface area contributed by atoms with E-state index in [4.69, 9.17) is 5.73 Å². The summed E-state index contributed by atoms with van der Waals surface area (Å²) in [6, 6.07) is 1.000. The molecule has 0 aromatic rings. The molecule has 16 heavy (non-hydrogen) atoms. The number of nitrogens with two attached hydrogens (primary N) is 1. The molecule has 2 aliphatic rings. The fraction of sp³-hybridized carbons (Fsp3) is 0.818. The summed E-state index contributed by atoms with van der Waals surface area (Å²) in [5, 5.41) is 6.06. The van der Waals surface area contributed by atoms with Crippen LogP contribution in [0.15, 0.2) is 4.99 Å². The average molecular weight is 224 g/mol. The van der Waals surface area contributed by atoms with E-state index in [1.807, 2.05) is 0 Å². The highest BCUT2D eigenvalue weighted by Gasteiger charge is 2.23. The highest BCUT2D eigenvalue weighted by Crippen LogP contribution is 2.19. The van der Waals surface area contributed by atoms with Crippen LogP contribution in [0.5, 0.6) is 0 Å². The lowest BCUT2D eigenvalue weighted by Gasteiger charge is -2.03. The second kappa shape index (κ2) is 5.18. The van der Waals surface area contributed by atoms with E-state index in [-0.39, 0.29) is 5.91 Å². The molecule has 1 amide bonds. The predicted octanol–water partition coefficient (Wildman–Crippen LogP) is 0.112. The van der Waals surface area contributed by atoms with Gasteiger partial charge in [0.1, 0.15) is 0 Å². The van der Waals surface area contributed by atoms with E-state index >= 15 is 0 Å². The number of aliphatic imine (C=N–C) groups is 1. The lowest BCUT2D eigenvalue weighted by molar-refractivity contribution is -0.121. The van der Waals surface area contributed by atoms with Crippen molar-refractivity contribution in [3.63, 3.8) is 0 Å². The molecule has 0 aromatic carbocycles. The topological polar surface area (TPSA) is 79.5 Å². The molecule has 0 aliphatic heterocycles. The first-order valence-electron chi connectivity index (χ1n) is 6.10. The third kappa shape index (κ3) is 4.51. The summed E-state index contributed by atoms with van der Waals surface area (Å²) < 4.78 is 0. The lowest BCUT2D eigenvalue weighted by Crippen LogP contribution is -2.33. The summed E-state index contributed by atoms with van der Waals surface area (Å²) in [6.45, 7) is 0.629. The number of hydrogen-bond donors (Lipinski definition) is 3. The van der Waals surface area contributed by atoms with E-state index in [1.54, 1.807) is 0 Å². The van der Waals surface area contributed by atoms with Crippen LogP contribution < -0.4 is 16.4 Å². The van der Waals surface area contributed by atoms with Gasteiger partial charge in [0.15, 0.2) is 5.96 Å². The van der Waals surface area contributed by atoms with Crippen molar-refractivity contribution >= 4 is 11.9 Å². The van der Waals surface area contributed by atoms with Gasteiger partial charge in [-0.3, -0.25) is 9.79 Å². The molecule has 0 spiro atoms. The van der Waals surface area contributed by atoms with E-state index in [2.05, 4.69) is 15.6 Å². The first-order valence-corrected chi connectivity index (χ1v) is 6.10. The standard InChI is InChI=1S/C11H20N4O/c12-11(15-9-5-6-9)13-7-1-2-10(16)14-8-3-4-8/h8-9H,1-7H2,(H,14,16)(H3,12,13,15). The number of rotatable bonds is 6.